The van der Waals surface area contributed by atoms with Gasteiger partial charge in [0.05, 0.1) is 24.1 Å². The number of benzene rings is 1. The standard InChI is InChI=1S/C21H24FN7O/c1-28-11-25-21(27-28)12-3-5-14(18(30)7-12)16-9-24-19(10-23-16)29(2)17-8-13-4-6-15(26-13)20(17)22/h3,5,7,9-11,13,15,17,20,26,30H,4,6,8H2,1-2H3/t13-,15+,17-,20+/m1/s1. The molecule has 3 aromatic rings. The van der Waals surface area contributed by atoms with Crippen molar-refractivity contribution in [2.75, 3.05) is 11.9 Å². The quantitative estimate of drug-likeness (QED) is 0.683. The molecule has 2 saturated heterocycles. The van der Waals surface area contributed by atoms with E-state index in [9.17, 15) is 9.50 Å². The van der Waals surface area contributed by atoms with E-state index >= 15 is 0 Å². The van der Waals surface area contributed by atoms with Crippen molar-refractivity contribution in [1.29, 1.82) is 0 Å². The number of piperidine rings is 1. The van der Waals surface area contributed by atoms with E-state index in [0.29, 0.717) is 28.9 Å². The van der Waals surface area contributed by atoms with Gasteiger partial charge >= 0.3 is 0 Å². The summed E-state index contributed by atoms with van der Waals surface area (Å²) in [6, 6.07) is 5.34. The van der Waals surface area contributed by atoms with Crippen LogP contribution < -0.4 is 10.2 Å². The molecule has 2 aliphatic heterocycles. The summed E-state index contributed by atoms with van der Waals surface area (Å²) >= 11 is 0. The van der Waals surface area contributed by atoms with E-state index in [2.05, 4.69) is 25.4 Å². The van der Waals surface area contributed by atoms with Gasteiger partial charge in [0, 0.05) is 37.3 Å². The normalized spacial score (nSPS) is 25.4. The molecule has 4 heterocycles. The third-order valence-corrected chi connectivity index (χ3v) is 6.18. The number of hydrogen-bond acceptors (Lipinski definition) is 7. The van der Waals surface area contributed by atoms with Crippen LogP contribution in [0.25, 0.3) is 22.6 Å². The number of phenolic OH excluding ortho intramolecular Hbond substituents is 1. The maximum absolute atomic E-state index is 14.9. The molecule has 30 heavy (non-hydrogen) atoms. The van der Waals surface area contributed by atoms with Gasteiger partial charge in [0.2, 0.25) is 0 Å². The highest BCUT2D eigenvalue weighted by molar-refractivity contribution is 5.71. The third kappa shape index (κ3) is 3.28. The number of phenols is 1. The molecule has 2 N–H and O–H groups in total. The van der Waals surface area contributed by atoms with Gasteiger partial charge in [-0.3, -0.25) is 9.67 Å². The molecule has 0 radical (unpaired) electrons. The molecule has 0 unspecified atom stereocenters. The predicted octanol–water partition coefficient (Wildman–Crippen LogP) is 2.31. The second-order valence-electron chi connectivity index (χ2n) is 8.14. The zero-order valence-corrected chi connectivity index (χ0v) is 16.9. The summed E-state index contributed by atoms with van der Waals surface area (Å²) in [6.07, 6.45) is 6.63. The third-order valence-electron chi connectivity index (χ3n) is 6.18. The average Bonchev–Trinajstić information content (AvgIpc) is 3.37. The maximum atomic E-state index is 14.9. The minimum atomic E-state index is -0.924. The first-order chi connectivity index (χ1) is 14.5. The van der Waals surface area contributed by atoms with Crippen LogP contribution in [0.3, 0.4) is 0 Å². The molecule has 4 atom stereocenters. The summed E-state index contributed by atoms with van der Waals surface area (Å²) in [7, 11) is 3.66. The molecule has 9 heteroatoms. The summed E-state index contributed by atoms with van der Waals surface area (Å²) in [5.41, 5.74) is 1.84. The van der Waals surface area contributed by atoms with Crippen LogP contribution in [0.15, 0.2) is 36.9 Å². The van der Waals surface area contributed by atoms with E-state index in [1.807, 2.05) is 18.0 Å². The number of rotatable bonds is 4. The number of aromatic hydroxyl groups is 1. The Morgan fingerprint density at radius 1 is 1.20 bits per heavy atom. The van der Waals surface area contributed by atoms with Crippen molar-refractivity contribution in [3.05, 3.63) is 36.9 Å². The molecule has 0 aliphatic carbocycles. The van der Waals surface area contributed by atoms with Gasteiger partial charge in [-0.1, -0.05) is 6.07 Å². The molecule has 0 spiro atoms. The highest BCUT2D eigenvalue weighted by Crippen LogP contribution is 2.34. The topological polar surface area (TPSA) is 92.0 Å². The van der Waals surface area contributed by atoms with E-state index in [1.165, 1.54) is 0 Å². The van der Waals surface area contributed by atoms with Crippen LogP contribution in [-0.2, 0) is 7.05 Å². The largest absolute Gasteiger partial charge is 0.507 e. The molecule has 0 amide bonds. The molecular formula is C21H24FN7O. The van der Waals surface area contributed by atoms with Crippen LogP contribution in [0.5, 0.6) is 5.75 Å². The van der Waals surface area contributed by atoms with Gasteiger partial charge in [0.1, 0.15) is 24.1 Å². The summed E-state index contributed by atoms with van der Waals surface area (Å²) in [6.45, 7) is 0. The first-order valence-corrected chi connectivity index (χ1v) is 10.1. The zero-order valence-electron chi connectivity index (χ0n) is 16.9. The fraction of sp³-hybridized carbons (Fsp3) is 0.429. The second kappa shape index (κ2) is 7.32. The second-order valence-corrected chi connectivity index (χ2v) is 8.14. The lowest BCUT2D eigenvalue weighted by molar-refractivity contribution is 0.176. The van der Waals surface area contributed by atoms with Crippen molar-refractivity contribution in [3.63, 3.8) is 0 Å². The number of halogens is 1. The number of alkyl halides is 1. The minimum absolute atomic E-state index is 0.0625. The van der Waals surface area contributed by atoms with Gasteiger partial charge in [0.15, 0.2) is 5.82 Å². The Morgan fingerprint density at radius 2 is 2.07 bits per heavy atom. The maximum Gasteiger partial charge on any atom is 0.181 e. The number of hydrogen-bond donors (Lipinski definition) is 2. The number of anilines is 1. The van der Waals surface area contributed by atoms with Gasteiger partial charge in [-0.2, -0.15) is 5.10 Å². The summed E-state index contributed by atoms with van der Waals surface area (Å²) in [4.78, 5) is 15.1. The lowest BCUT2D eigenvalue weighted by Gasteiger charge is -2.38. The smallest absolute Gasteiger partial charge is 0.181 e. The first kappa shape index (κ1) is 18.9. The Balaban J connectivity index is 1.36. The fourth-order valence-corrected chi connectivity index (χ4v) is 4.52. The number of aryl methyl sites for hydroxylation is 1. The molecule has 2 aromatic heterocycles. The average molecular weight is 409 g/mol. The highest BCUT2D eigenvalue weighted by atomic mass is 19.1. The highest BCUT2D eigenvalue weighted by Gasteiger charge is 2.43. The molecule has 5 rings (SSSR count). The van der Waals surface area contributed by atoms with Crippen molar-refractivity contribution in [2.45, 2.75) is 43.6 Å². The first-order valence-electron chi connectivity index (χ1n) is 10.1. The van der Waals surface area contributed by atoms with Crippen LogP contribution >= 0.6 is 0 Å². The molecule has 2 bridgehead atoms. The van der Waals surface area contributed by atoms with Crippen LogP contribution in [0.4, 0.5) is 10.2 Å². The predicted molar refractivity (Wildman–Crippen MR) is 111 cm³/mol. The van der Waals surface area contributed by atoms with E-state index in [-0.39, 0.29) is 17.8 Å². The van der Waals surface area contributed by atoms with Gasteiger partial charge in [0.25, 0.3) is 0 Å². The van der Waals surface area contributed by atoms with Crippen LogP contribution in [0.2, 0.25) is 0 Å². The van der Waals surface area contributed by atoms with Gasteiger partial charge in [-0.25, -0.2) is 14.4 Å². The Bertz CT molecular complexity index is 1050. The molecule has 8 nitrogen and oxygen atoms in total. The molecule has 2 fully saturated rings. The van der Waals surface area contributed by atoms with Gasteiger partial charge in [-0.15, -0.1) is 0 Å². The van der Waals surface area contributed by atoms with Crippen molar-refractivity contribution in [2.24, 2.45) is 7.05 Å². The van der Waals surface area contributed by atoms with Crippen molar-refractivity contribution >= 4 is 5.82 Å². The number of aromatic nitrogens is 5. The van der Waals surface area contributed by atoms with Gasteiger partial charge < -0.3 is 15.3 Å². The summed E-state index contributed by atoms with van der Waals surface area (Å²) in [5, 5.41) is 18.1. The van der Waals surface area contributed by atoms with Gasteiger partial charge in [-0.05, 0) is 31.4 Å². The molecule has 156 valence electrons. The van der Waals surface area contributed by atoms with Crippen molar-refractivity contribution < 1.29 is 9.50 Å². The Labute approximate surface area is 173 Å². The molecular weight excluding hydrogens is 385 g/mol. The van der Waals surface area contributed by atoms with Crippen LogP contribution in [-0.4, -0.2) is 61.2 Å². The monoisotopic (exact) mass is 409 g/mol. The Hall–Kier alpha value is -3.07. The summed E-state index contributed by atoms with van der Waals surface area (Å²) < 4.78 is 16.5. The number of fused-ring (bicyclic) bond motifs is 2. The lowest BCUT2D eigenvalue weighted by atomic mass is 9.96. The Morgan fingerprint density at radius 3 is 2.77 bits per heavy atom. The van der Waals surface area contributed by atoms with E-state index in [1.54, 1.807) is 42.6 Å². The number of nitrogens with zero attached hydrogens (tertiary/aromatic N) is 6. The minimum Gasteiger partial charge on any atom is -0.507 e. The van der Waals surface area contributed by atoms with E-state index in [4.69, 9.17) is 0 Å². The molecule has 1 aromatic carbocycles. The van der Waals surface area contributed by atoms with Crippen molar-refractivity contribution in [3.8, 4) is 28.4 Å². The Kier molecular flexibility index (Phi) is 4.62. The van der Waals surface area contributed by atoms with Crippen molar-refractivity contribution in [1.82, 2.24) is 30.0 Å². The van der Waals surface area contributed by atoms with E-state index < -0.39 is 6.17 Å². The SMILES string of the molecule is CN(c1cnc(-c2ccc(-c3ncn(C)n3)cc2O)cn1)[C@@H]1C[C@H]2CC[C@H](N2)[C@@H]1F. The van der Waals surface area contributed by atoms with Crippen LogP contribution in [0, 0.1) is 0 Å². The fourth-order valence-electron chi connectivity index (χ4n) is 4.52. The van der Waals surface area contributed by atoms with E-state index in [0.717, 1.165) is 24.8 Å². The molecule has 0 saturated carbocycles. The lowest BCUT2D eigenvalue weighted by Crippen LogP contribution is -2.55. The van der Waals surface area contributed by atoms with Crippen LogP contribution in [0.1, 0.15) is 19.3 Å². The molecule has 2 aliphatic rings. The summed E-state index contributed by atoms with van der Waals surface area (Å²) in [5.74, 6) is 1.25. The zero-order chi connectivity index (χ0) is 20.8. The number of nitrogens with one attached hydrogen (secondary N) is 1.